The molecule has 1 aromatic carbocycles. The van der Waals surface area contributed by atoms with Gasteiger partial charge < -0.3 is 10.2 Å². The van der Waals surface area contributed by atoms with Gasteiger partial charge in [0.25, 0.3) is 0 Å². The number of allylic oxidation sites excluding steroid dienone is 1. The summed E-state index contributed by atoms with van der Waals surface area (Å²) in [5, 5.41) is 18.8. The molecule has 0 unspecified atom stereocenters. The van der Waals surface area contributed by atoms with Gasteiger partial charge in [0.2, 0.25) is 5.78 Å². The highest BCUT2D eigenvalue weighted by Crippen LogP contribution is 2.28. The second-order valence-corrected chi connectivity index (χ2v) is 3.50. The molecule has 1 aromatic heterocycles. The van der Waals surface area contributed by atoms with Crippen LogP contribution in [0.3, 0.4) is 0 Å². The fourth-order valence-corrected chi connectivity index (χ4v) is 1.36. The lowest BCUT2D eigenvalue weighted by molar-refractivity contribution is 0.104. The van der Waals surface area contributed by atoms with E-state index >= 15 is 0 Å². The molecule has 0 radical (unpaired) electrons. The minimum Gasteiger partial charge on any atom is -0.504 e. The topological polar surface area (TPSA) is 83.3 Å². The van der Waals surface area contributed by atoms with Crippen LogP contribution in [0.5, 0.6) is 11.5 Å². The molecule has 0 bridgehead atoms. The number of carbonyl (C=O) groups is 1. The first-order valence-corrected chi connectivity index (χ1v) is 5.18. The van der Waals surface area contributed by atoms with E-state index in [9.17, 15) is 15.0 Å². The lowest BCUT2D eigenvalue weighted by Crippen LogP contribution is -1.97. The number of phenolic OH excluding ortho intramolecular Hbond substituents is 2. The van der Waals surface area contributed by atoms with Crippen molar-refractivity contribution >= 4 is 11.9 Å². The third-order valence-corrected chi connectivity index (χ3v) is 2.28. The van der Waals surface area contributed by atoms with Crippen molar-refractivity contribution in [1.82, 2.24) is 9.97 Å². The number of para-hydroxylation sites is 1. The summed E-state index contributed by atoms with van der Waals surface area (Å²) in [4.78, 5) is 19.3. The van der Waals surface area contributed by atoms with Crippen LogP contribution in [0.4, 0.5) is 0 Å². The lowest BCUT2D eigenvalue weighted by atomic mass is 10.1. The number of hydrogen-bond acceptors (Lipinski definition) is 5. The monoisotopic (exact) mass is 242 g/mol. The van der Waals surface area contributed by atoms with Gasteiger partial charge in [0.15, 0.2) is 11.5 Å². The summed E-state index contributed by atoms with van der Waals surface area (Å²) in [6, 6.07) is 4.51. The Morgan fingerprint density at radius 1 is 1.22 bits per heavy atom. The standard InChI is InChI=1S/C13H10N2O3/c16-11(10-8-14-6-7-15-10)5-4-9-2-1-3-12(17)13(9)18/h1-8,17-18H/b5-4+. The first-order valence-electron chi connectivity index (χ1n) is 5.18. The zero-order valence-corrected chi connectivity index (χ0v) is 9.32. The third kappa shape index (κ3) is 2.52. The Morgan fingerprint density at radius 2 is 2.06 bits per heavy atom. The highest BCUT2D eigenvalue weighted by molar-refractivity contribution is 6.05. The molecule has 2 rings (SSSR count). The molecule has 0 aliphatic rings. The maximum Gasteiger partial charge on any atom is 0.205 e. The molecule has 0 spiro atoms. The van der Waals surface area contributed by atoms with Gasteiger partial charge in [-0.25, -0.2) is 4.98 Å². The van der Waals surface area contributed by atoms with Gasteiger partial charge in [-0.1, -0.05) is 12.1 Å². The van der Waals surface area contributed by atoms with Gasteiger partial charge in [-0.3, -0.25) is 9.78 Å². The van der Waals surface area contributed by atoms with Crippen LogP contribution in [-0.2, 0) is 0 Å². The van der Waals surface area contributed by atoms with Crippen LogP contribution in [-0.4, -0.2) is 26.0 Å². The van der Waals surface area contributed by atoms with E-state index in [0.29, 0.717) is 5.56 Å². The van der Waals surface area contributed by atoms with E-state index in [4.69, 9.17) is 0 Å². The van der Waals surface area contributed by atoms with E-state index in [-0.39, 0.29) is 23.0 Å². The molecule has 5 heteroatoms. The molecule has 0 saturated carbocycles. The van der Waals surface area contributed by atoms with Crippen molar-refractivity contribution in [3.8, 4) is 11.5 Å². The summed E-state index contributed by atoms with van der Waals surface area (Å²) in [5.41, 5.74) is 0.570. The fourth-order valence-electron chi connectivity index (χ4n) is 1.36. The molecular weight excluding hydrogens is 232 g/mol. The summed E-state index contributed by atoms with van der Waals surface area (Å²) in [6.45, 7) is 0. The number of benzene rings is 1. The number of ketones is 1. The maximum atomic E-state index is 11.7. The minimum absolute atomic E-state index is 0.216. The van der Waals surface area contributed by atoms with E-state index in [1.54, 1.807) is 12.1 Å². The van der Waals surface area contributed by atoms with E-state index in [0.717, 1.165) is 0 Å². The van der Waals surface area contributed by atoms with Crippen LogP contribution in [0.15, 0.2) is 42.9 Å². The Balaban J connectivity index is 2.22. The Kier molecular flexibility index (Phi) is 3.33. The van der Waals surface area contributed by atoms with Crippen LogP contribution in [0.1, 0.15) is 16.1 Å². The highest BCUT2D eigenvalue weighted by atomic mass is 16.3. The zero-order valence-electron chi connectivity index (χ0n) is 9.32. The number of phenols is 2. The number of nitrogens with zero attached hydrogens (tertiary/aromatic N) is 2. The van der Waals surface area contributed by atoms with Gasteiger partial charge in [0, 0.05) is 18.0 Å². The van der Waals surface area contributed by atoms with Crippen LogP contribution >= 0.6 is 0 Å². The molecular formula is C13H10N2O3. The predicted octanol–water partition coefficient (Wildman–Crippen LogP) is 1.78. The van der Waals surface area contributed by atoms with Crippen molar-refractivity contribution in [2.24, 2.45) is 0 Å². The third-order valence-electron chi connectivity index (χ3n) is 2.28. The van der Waals surface area contributed by atoms with Crippen LogP contribution in [0.2, 0.25) is 0 Å². The first-order chi connectivity index (χ1) is 8.68. The summed E-state index contributed by atoms with van der Waals surface area (Å²) >= 11 is 0. The number of aromatic nitrogens is 2. The van der Waals surface area contributed by atoms with Crippen molar-refractivity contribution in [1.29, 1.82) is 0 Å². The van der Waals surface area contributed by atoms with Crippen molar-refractivity contribution in [2.75, 3.05) is 0 Å². The zero-order chi connectivity index (χ0) is 13.0. The summed E-state index contributed by atoms with van der Waals surface area (Å²) in [7, 11) is 0. The van der Waals surface area contributed by atoms with Gasteiger partial charge in [0.05, 0.1) is 6.20 Å². The number of carbonyl (C=O) groups excluding carboxylic acids is 1. The molecule has 5 nitrogen and oxygen atoms in total. The Morgan fingerprint density at radius 3 is 2.78 bits per heavy atom. The number of hydrogen-bond donors (Lipinski definition) is 2. The smallest absolute Gasteiger partial charge is 0.205 e. The average Bonchev–Trinajstić information content (AvgIpc) is 2.41. The lowest BCUT2D eigenvalue weighted by Gasteiger charge is -2.00. The van der Waals surface area contributed by atoms with E-state index in [1.807, 2.05) is 0 Å². The summed E-state index contributed by atoms with van der Waals surface area (Å²) in [5.74, 6) is -0.823. The van der Waals surface area contributed by atoms with Crippen LogP contribution < -0.4 is 0 Å². The largest absolute Gasteiger partial charge is 0.504 e. The molecule has 0 fully saturated rings. The van der Waals surface area contributed by atoms with E-state index in [2.05, 4.69) is 9.97 Å². The Bertz CT molecular complexity index is 594. The molecule has 0 amide bonds. The SMILES string of the molecule is O=C(/C=C/c1cccc(O)c1O)c1cnccn1. The molecule has 2 aromatic rings. The van der Waals surface area contributed by atoms with Gasteiger partial charge >= 0.3 is 0 Å². The summed E-state index contributed by atoms with van der Waals surface area (Å²) in [6.07, 6.45) is 6.92. The molecule has 2 N–H and O–H groups in total. The normalized spacial score (nSPS) is 10.7. The molecule has 0 saturated heterocycles. The van der Waals surface area contributed by atoms with Crippen molar-refractivity contribution in [3.05, 3.63) is 54.1 Å². The Hall–Kier alpha value is -2.69. The van der Waals surface area contributed by atoms with Crippen LogP contribution in [0, 0.1) is 0 Å². The van der Waals surface area contributed by atoms with Crippen molar-refractivity contribution in [3.63, 3.8) is 0 Å². The second-order valence-electron chi connectivity index (χ2n) is 3.50. The Labute approximate surface area is 103 Å². The van der Waals surface area contributed by atoms with Gasteiger partial charge in [0.1, 0.15) is 5.69 Å². The molecule has 0 atom stereocenters. The molecule has 90 valence electrons. The average molecular weight is 242 g/mol. The van der Waals surface area contributed by atoms with Gasteiger partial charge in [-0.05, 0) is 18.2 Å². The van der Waals surface area contributed by atoms with E-state index in [1.165, 1.54) is 36.8 Å². The maximum absolute atomic E-state index is 11.7. The molecule has 0 aliphatic carbocycles. The van der Waals surface area contributed by atoms with Crippen molar-refractivity contribution in [2.45, 2.75) is 0 Å². The van der Waals surface area contributed by atoms with Gasteiger partial charge in [-0.15, -0.1) is 0 Å². The number of rotatable bonds is 3. The van der Waals surface area contributed by atoms with E-state index < -0.39 is 0 Å². The first kappa shape index (κ1) is 11.8. The molecule has 0 aliphatic heterocycles. The molecule has 1 heterocycles. The predicted molar refractivity (Wildman–Crippen MR) is 65.2 cm³/mol. The quantitative estimate of drug-likeness (QED) is 0.487. The van der Waals surface area contributed by atoms with Gasteiger partial charge in [-0.2, -0.15) is 0 Å². The highest BCUT2D eigenvalue weighted by Gasteiger charge is 2.05. The summed E-state index contributed by atoms with van der Waals surface area (Å²) < 4.78 is 0. The number of aromatic hydroxyl groups is 2. The molecule has 18 heavy (non-hydrogen) atoms. The fraction of sp³-hybridized carbons (Fsp3) is 0. The second kappa shape index (κ2) is 5.09. The van der Waals surface area contributed by atoms with Crippen molar-refractivity contribution < 1.29 is 15.0 Å². The van der Waals surface area contributed by atoms with Crippen LogP contribution in [0.25, 0.3) is 6.08 Å². The minimum atomic E-state index is -0.328.